The maximum absolute atomic E-state index is 12.5. The van der Waals surface area contributed by atoms with E-state index in [0.29, 0.717) is 23.2 Å². The van der Waals surface area contributed by atoms with Gasteiger partial charge in [0.1, 0.15) is 0 Å². The van der Waals surface area contributed by atoms with E-state index >= 15 is 0 Å². The average molecular weight is 357 g/mol. The molecule has 0 aliphatic carbocycles. The van der Waals surface area contributed by atoms with Crippen LogP contribution in [0, 0.1) is 0 Å². The number of urea groups is 1. The molecule has 6 nitrogen and oxygen atoms in total. The van der Waals surface area contributed by atoms with Crippen LogP contribution in [0.4, 0.5) is 9.93 Å². The molecule has 3 rings (SSSR count). The minimum atomic E-state index is -0.232. The Labute approximate surface area is 150 Å². The predicted octanol–water partition coefficient (Wildman–Crippen LogP) is 3.98. The monoisotopic (exact) mass is 357 g/mol. The fraction of sp³-hybridized carbons (Fsp3) is 0.222. The summed E-state index contributed by atoms with van der Waals surface area (Å²) in [5.74, 6) is 1.27. The van der Waals surface area contributed by atoms with Gasteiger partial charge in [-0.1, -0.05) is 35.6 Å². The minimum absolute atomic E-state index is 0.232. The molecule has 0 bridgehead atoms. The molecule has 0 aliphatic heterocycles. The fourth-order valence-electron chi connectivity index (χ4n) is 2.52. The third kappa shape index (κ3) is 3.66. The Hall–Kier alpha value is -2.80. The molecule has 7 heteroatoms. The van der Waals surface area contributed by atoms with Crippen molar-refractivity contribution in [2.75, 3.05) is 26.6 Å². The van der Waals surface area contributed by atoms with Crippen LogP contribution in [-0.4, -0.2) is 37.2 Å². The highest BCUT2D eigenvalue weighted by atomic mass is 32.1. The van der Waals surface area contributed by atoms with Gasteiger partial charge in [-0.2, -0.15) is 0 Å². The normalized spacial score (nSPS) is 10.5. The van der Waals surface area contributed by atoms with Gasteiger partial charge < -0.3 is 14.4 Å². The summed E-state index contributed by atoms with van der Waals surface area (Å²) in [5.41, 5.74) is 1.74. The maximum Gasteiger partial charge on any atom is 0.323 e. The number of amides is 2. The number of rotatable bonds is 5. The number of carbonyl (C=O) groups is 1. The zero-order valence-electron chi connectivity index (χ0n) is 14.3. The van der Waals surface area contributed by atoms with Crippen LogP contribution in [0.15, 0.2) is 42.5 Å². The second kappa shape index (κ2) is 7.40. The van der Waals surface area contributed by atoms with E-state index in [1.807, 2.05) is 42.5 Å². The number of ether oxygens (including phenoxy) is 2. The van der Waals surface area contributed by atoms with Crippen LogP contribution in [0.25, 0.3) is 10.2 Å². The lowest BCUT2D eigenvalue weighted by Gasteiger charge is -2.19. The summed E-state index contributed by atoms with van der Waals surface area (Å²) in [4.78, 5) is 18.4. The Kier molecular flexibility index (Phi) is 5.04. The number of thiazole rings is 1. The van der Waals surface area contributed by atoms with Crippen LogP contribution >= 0.6 is 11.3 Å². The summed E-state index contributed by atoms with van der Waals surface area (Å²) in [6.45, 7) is 0.386. The molecule has 0 saturated heterocycles. The second-order valence-electron chi connectivity index (χ2n) is 5.43. The van der Waals surface area contributed by atoms with Crippen LogP contribution in [-0.2, 0) is 6.54 Å². The summed E-state index contributed by atoms with van der Waals surface area (Å²) >= 11 is 1.45. The van der Waals surface area contributed by atoms with Crippen LogP contribution in [0.3, 0.4) is 0 Å². The molecule has 1 N–H and O–H groups in total. The molecule has 2 aromatic carbocycles. The number of carbonyl (C=O) groups excluding carboxylic acids is 1. The van der Waals surface area contributed by atoms with Gasteiger partial charge in [0.15, 0.2) is 16.6 Å². The van der Waals surface area contributed by atoms with E-state index in [1.165, 1.54) is 11.3 Å². The van der Waals surface area contributed by atoms with E-state index in [0.717, 1.165) is 15.8 Å². The third-order valence-corrected chi connectivity index (χ3v) is 4.70. The van der Waals surface area contributed by atoms with E-state index in [1.54, 1.807) is 26.2 Å². The highest BCUT2D eigenvalue weighted by molar-refractivity contribution is 7.22. The first-order chi connectivity index (χ1) is 12.1. The van der Waals surface area contributed by atoms with Crippen molar-refractivity contribution in [1.29, 1.82) is 0 Å². The largest absolute Gasteiger partial charge is 0.493 e. The molecule has 0 aliphatic rings. The first-order valence-corrected chi connectivity index (χ1v) is 8.51. The molecule has 130 valence electrons. The van der Waals surface area contributed by atoms with Crippen LogP contribution in [0.2, 0.25) is 0 Å². The number of para-hydroxylation sites is 2. The van der Waals surface area contributed by atoms with Crippen LogP contribution in [0.5, 0.6) is 11.5 Å². The van der Waals surface area contributed by atoms with Crippen molar-refractivity contribution in [2.45, 2.75) is 6.54 Å². The van der Waals surface area contributed by atoms with Gasteiger partial charge in [0.25, 0.3) is 0 Å². The number of anilines is 1. The van der Waals surface area contributed by atoms with E-state index in [2.05, 4.69) is 10.3 Å². The molecular formula is C18H19N3O3S. The molecule has 0 fully saturated rings. The first-order valence-electron chi connectivity index (χ1n) is 7.70. The van der Waals surface area contributed by atoms with E-state index in [-0.39, 0.29) is 6.03 Å². The lowest BCUT2D eigenvalue weighted by Crippen LogP contribution is -2.30. The zero-order valence-corrected chi connectivity index (χ0v) is 15.1. The number of nitrogens with one attached hydrogen (secondary N) is 1. The molecule has 3 aromatic rings. The third-order valence-electron chi connectivity index (χ3n) is 3.75. The molecule has 2 amide bonds. The summed E-state index contributed by atoms with van der Waals surface area (Å²) in [5, 5.41) is 3.42. The average Bonchev–Trinajstić information content (AvgIpc) is 3.03. The van der Waals surface area contributed by atoms with Crippen LogP contribution in [0.1, 0.15) is 5.56 Å². The quantitative estimate of drug-likeness (QED) is 0.750. The SMILES string of the molecule is COc1cccc(CN(C)C(=O)Nc2nc3ccccc3s2)c1OC. The van der Waals surface area contributed by atoms with Crippen molar-refractivity contribution >= 4 is 32.7 Å². The predicted molar refractivity (Wildman–Crippen MR) is 99.7 cm³/mol. The van der Waals surface area contributed by atoms with E-state index in [4.69, 9.17) is 9.47 Å². The van der Waals surface area contributed by atoms with Gasteiger partial charge in [-0.15, -0.1) is 0 Å². The Morgan fingerprint density at radius 1 is 1.16 bits per heavy atom. The fourth-order valence-corrected chi connectivity index (χ4v) is 3.37. The number of benzene rings is 2. The molecular weight excluding hydrogens is 338 g/mol. The summed E-state index contributed by atoms with van der Waals surface area (Å²) in [6, 6.07) is 13.1. The van der Waals surface area contributed by atoms with E-state index in [9.17, 15) is 4.79 Å². The molecule has 1 heterocycles. The van der Waals surface area contributed by atoms with Crippen LogP contribution < -0.4 is 14.8 Å². The summed E-state index contributed by atoms with van der Waals surface area (Å²) < 4.78 is 11.7. The lowest BCUT2D eigenvalue weighted by molar-refractivity contribution is 0.220. The van der Waals surface area contributed by atoms with Gasteiger partial charge in [0, 0.05) is 12.6 Å². The topological polar surface area (TPSA) is 63.7 Å². The van der Waals surface area contributed by atoms with Gasteiger partial charge in [0.05, 0.1) is 31.0 Å². The number of hydrogen-bond donors (Lipinski definition) is 1. The van der Waals surface area contributed by atoms with E-state index < -0.39 is 0 Å². The van der Waals surface area contributed by atoms with Crippen molar-refractivity contribution < 1.29 is 14.3 Å². The Morgan fingerprint density at radius 3 is 2.68 bits per heavy atom. The smallest absolute Gasteiger partial charge is 0.323 e. The van der Waals surface area contributed by atoms with Crippen molar-refractivity contribution in [1.82, 2.24) is 9.88 Å². The van der Waals surface area contributed by atoms with Gasteiger partial charge in [-0.05, 0) is 18.2 Å². The maximum atomic E-state index is 12.5. The van der Waals surface area contributed by atoms with Crippen molar-refractivity contribution in [3.8, 4) is 11.5 Å². The highest BCUT2D eigenvalue weighted by Gasteiger charge is 2.16. The lowest BCUT2D eigenvalue weighted by atomic mass is 10.1. The Bertz CT molecular complexity index is 861. The molecule has 0 saturated carbocycles. The molecule has 0 unspecified atom stereocenters. The Morgan fingerprint density at radius 2 is 1.96 bits per heavy atom. The minimum Gasteiger partial charge on any atom is -0.493 e. The van der Waals surface area contributed by atoms with Gasteiger partial charge in [-0.3, -0.25) is 5.32 Å². The number of fused-ring (bicyclic) bond motifs is 1. The molecule has 25 heavy (non-hydrogen) atoms. The zero-order chi connectivity index (χ0) is 17.8. The Balaban J connectivity index is 1.72. The molecule has 0 radical (unpaired) electrons. The van der Waals surface area contributed by atoms with Crippen molar-refractivity contribution in [2.24, 2.45) is 0 Å². The number of methoxy groups -OCH3 is 2. The molecule has 1 aromatic heterocycles. The van der Waals surface area contributed by atoms with Gasteiger partial charge in [-0.25, -0.2) is 9.78 Å². The van der Waals surface area contributed by atoms with Crippen molar-refractivity contribution in [3.05, 3.63) is 48.0 Å². The van der Waals surface area contributed by atoms with Crippen molar-refractivity contribution in [3.63, 3.8) is 0 Å². The second-order valence-corrected chi connectivity index (χ2v) is 6.46. The summed E-state index contributed by atoms with van der Waals surface area (Å²) in [6.07, 6.45) is 0. The van der Waals surface area contributed by atoms with Gasteiger partial charge in [0.2, 0.25) is 0 Å². The molecule has 0 spiro atoms. The number of aromatic nitrogens is 1. The van der Waals surface area contributed by atoms with Gasteiger partial charge >= 0.3 is 6.03 Å². The summed E-state index contributed by atoms with van der Waals surface area (Å²) in [7, 11) is 4.90. The highest BCUT2D eigenvalue weighted by Crippen LogP contribution is 2.31. The standard InChI is InChI=1S/C18H19N3O3S/c1-21(11-12-7-6-9-14(23-2)16(12)24-3)18(22)20-17-19-13-8-4-5-10-15(13)25-17/h4-10H,11H2,1-3H3,(H,19,20,22). The molecule has 0 atom stereocenters. The first kappa shape index (κ1) is 17.0. The number of nitrogens with zero attached hydrogens (tertiary/aromatic N) is 2. The number of hydrogen-bond acceptors (Lipinski definition) is 5.